The number of methoxy groups -OCH3 is 2. The van der Waals surface area contributed by atoms with Crippen LogP contribution in [0.1, 0.15) is 24.9 Å². The predicted molar refractivity (Wildman–Crippen MR) is 84.2 cm³/mol. The van der Waals surface area contributed by atoms with E-state index in [1.165, 1.54) is 18.2 Å². The molecule has 22 heavy (non-hydrogen) atoms. The number of carboxylic acids is 1. The van der Waals surface area contributed by atoms with Crippen molar-refractivity contribution in [1.29, 1.82) is 0 Å². The van der Waals surface area contributed by atoms with Crippen LogP contribution < -0.4 is 9.47 Å². The van der Waals surface area contributed by atoms with Gasteiger partial charge in [0.15, 0.2) is 5.78 Å². The van der Waals surface area contributed by atoms with E-state index in [0.717, 1.165) is 16.9 Å². The third-order valence-corrected chi connectivity index (χ3v) is 3.95. The molecule has 0 aliphatic rings. The molecule has 0 fully saturated rings. The summed E-state index contributed by atoms with van der Waals surface area (Å²) in [7, 11) is 3.10. The standard InChI is InChI=1S/C16H14O5S/c1-20-11-7-10(8-12(9-11)21-2)3-4-13(17)14-5-6-15(22-14)16(18)19/h3-9H,1-2H3,(H,18,19)/b4-3+. The molecule has 6 heteroatoms. The van der Waals surface area contributed by atoms with Crippen LogP contribution in [0.2, 0.25) is 0 Å². The lowest BCUT2D eigenvalue weighted by molar-refractivity contribution is 0.0702. The van der Waals surface area contributed by atoms with Gasteiger partial charge in [-0.05, 0) is 35.9 Å². The Hall–Kier alpha value is -2.60. The van der Waals surface area contributed by atoms with Crippen molar-refractivity contribution in [3.63, 3.8) is 0 Å². The van der Waals surface area contributed by atoms with Crippen molar-refractivity contribution >= 4 is 29.2 Å². The maximum absolute atomic E-state index is 12.0. The summed E-state index contributed by atoms with van der Waals surface area (Å²) in [5.74, 6) is -0.0451. The molecule has 0 aliphatic carbocycles. The Bertz CT molecular complexity index is 708. The average molecular weight is 318 g/mol. The summed E-state index contributed by atoms with van der Waals surface area (Å²) in [5, 5.41) is 8.86. The largest absolute Gasteiger partial charge is 0.497 e. The zero-order valence-corrected chi connectivity index (χ0v) is 12.8. The molecule has 1 heterocycles. The molecule has 0 aliphatic heterocycles. The van der Waals surface area contributed by atoms with Crippen molar-refractivity contribution in [2.45, 2.75) is 0 Å². The van der Waals surface area contributed by atoms with E-state index >= 15 is 0 Å². The summed E-state index contributed by atoms with van der Waals surface area (Å²) in [6, 6.07) is 8.19. The van der Waals surface area contributed by atoms with Gasteiger partial charge in [-0.3, -0.25) is 4.79 Å². The van der Waals surface area contributed by atoms with Gasteiger partial charge >= 0.3 is 5.97 Å². The maximum Gasteiger partial charge on any atom is 0.345 e. The van der Waals surface area contributed by atoms with Crippen LogP contribution in [0.15, 0.2) is 36.4 Å². The van der Waals surface area contributed by atoms with Gasteiger partial charge in [0.05, 0.1) is 19.1 Å². The van der Waals surface area contributed by atoms with Gasteiger partial charge in [0, 0.05) is 6.07 Å². The molecule has 1 aromatic heterocycles. The zero-order chi connectivity index (χ0) is 16.1. The average Bonchev–Trinajstić information content (AvgIpc) is 3.02. The molecule has 0 atom stereocenters. The number of aromatic carboxylic acids is 1. The second-order valence-corrected chi connectivity index (χ2v) is 5.40. The van der Waals surface area contributed by atoms with E-state index in [-0.39, 0.29) is 10.7 Å². The number of carbonyl (C=O) groups is 2. The quantitative estimate of drug-likeness (QED) is 0.653. The summed E-state index contributed by atoms with van der Waals surface area (Å²) in [6.07, 6.45) is 3.03. The molecular formula is C16H14O5S. The van der Waals surface area contributed by atoms with Gasteiger partial charge < -0.3 is 14.6 Å². The van der Waals surface area contributed by atoms with E-state index in [4.69, 9.17) is 14.6 Å². The SMILES string of the molecule is COc1cc(/C=C/C(=O)c2ccc(C(=O)O)s2)cc(OC)c1. The topological polar surface area (TPSA) is 72.8 Å². The van der Waals surface area contributed by atoms with Crippen molar-refractivity contribution in [3.05, 3.63) is 51.7 Å². The maximum atomic E-state index is 12.0. The summed E-state index contributed by atoms with van der Waals surface area (Å²) < 4.78 is 10.3. The van der Waals surface area contributed by atoms with Crippen molar-refractivity contribution in [2.24, 2.45) is 0 Å². The van der Waals surface area contributed by atoms with Gasteiger partial charge in [-0.2, -0.15) is 0 Å². The lowest BCUT2D eigenvalue weighted by Gasteiger charge is -2.05. The fraction of sp³-hybridized carbons (Fsp3) is 0.125. The first-order chi connectivity index (χ1) is 10.5. The van der Waals surface area contributed by atoms with Crippen molar-refractivity contribution < 1.29 is 24.2 Å². The molecule has 0 amide bonds. The number of carbonyl (C=O) groups excluding carboxylic acids is 1. The molecule has 0 unspecified atom stereocenters. The van der Waals surface area contributed by atoms with Gasteiger partial charge in [0.2, 0.25) is 0 Å². The number of hydrogen-bond acceptors (Lipinski definition) is 5. The third-order valence-electron chi connectivity index (χ3n) is 2.86. The first-order valence-electron chi connectivity index (χ1n) is 6.32. The fourth-order valence-corrected chi connectivity index (χ4v) is 2.53. The Kier molecular flexibility index (Phi) is 4.95. The molecular weight excluding hydrogens is 304 g/mol. The summed E-state index contributed by atoms with van der Waals surface area (Å²) >= 11 is 0.950. The number of hydrogen-bond donors (Lipinski definition) is 1. The first-order valence-corrected chi connectivity index (χ1v) is 7.13. The van der Waals surface area contributed by atoms with Gasteiger partial charge in [-0.25, -0.2) is 4.79 Å². The summed E-state index contributed by atoms with van der Waals surface area (Å²) in [4.78, 5) is 23.4. The van der Waals surface area contributed by atoms with Crippen molar-refractivity contribution in [1.82, 2.24) is 0 Å². The Morgan fingerprint density at radius 3 is 2.14 bits per heavy atom. The molecule has 0 saturated carbocycles. The minimum atomic E-state index is -1.04. The Morgan fingerprint density at radius 2 is 1.64 bits per heavy atom. The van der Waals surface area contributed by atoms with Crippen LogP contribution in [-0.4, -0.2) is 31.1 Å². The lowest BCUT2D eigenvalue weighted by Crippen LogP contribution is -1.92. The number of benzene rings is 1. The molecule has 1 N–H and O–H groups in total. The van der Waals surface area contributed by atoms with E-state index in [9.17, 15) is 9.59 Å². The lowest BCUT2D eigenvalue weighted by atomic mass is 10.1. The van der Waals surface area contributed by atoms with Crippen LogP contribution in [0.25, 0.3) is 6.08 Å². The van der Waals surface area contributed by atoms with Gasteiger partial charge in [0.1, 0.15) is 16.4 Å². The second kappa shape index (κ2) is 6.91. The molecule has 5 nitrogen and oxygen atoms in total. The molecule has 1 aromatic carbocycles. The molecule has 0 saturated heterocycles. The van der Waals surface area contributed by atoms with Gasteiger partial charge in [-0.15, -0.1) is 11.3 Å². The number of ether oxygens (including phenoxy) is 2. The molecule has 0 spiro atoms. The van der Waals surface area contributed by atoms with Crippen molar-refractivity contribution in [3.8, 4) is 11.5 Å². The van der Waals surface area contributed by atoms with E-state index in [0.29, 0.717) is 16.4 Å². The number of carboxylic acid groups (broad SMARTS) is 1. The third kappa shape index (κ3) is 3.73. The molecule has 2 rings (SSSR count). The number of allylic oxidation sites excluding steroid dienone is 1. The highest BCUT2D eigenvalue weighted by molar-refractivity contribution is 7.16. The summed E-state index contributed by atoms with van der Waals surface area (Å²) in [5.41, 5.74) is 0.750. The van der Waals surface area contributed by atoms with Crippen LogP contribution in [0.5, 0.6) is 11.5 Å². The highest BCUT2D eigenvalue weighted by Gasteiger charge is 2.10. The van der Waals surface area contributed by atoms with Gasteiger partial charge in [0.25, 0.3) is 0 Å². The Morgan fingerprint density at radius 1 is 1.05 bits per heavy atom. The van der Waals surface area contributed by atoms with Crippen LogP contribution in [-0.2, 0) is 0 Å². The molecule has 0 radical (unpaired) electrons. The monoisotopic (exact) mass is 318 g/mol. The highest BCUT2D eigenvalue weighted by Crippen LogP contribution is 2.24. The predicted octanol–water partition coefficient (Wildman–Crippen LogP) is 3.36. The number of rotatable bonds is 6. The second-order valence-electron chi connectivity index (χ2n) is 4.31. The smallest absolute Gasteiger partial charge is 0.345 e. The van der Waals surface area contributed by atoms with E-state index in [1.807, 2.05) is 0 Å². The van der Waals surface area contributed by atoms with Crippen LogP contribution >= 0.6 is 11.3 Å². The number of ketones is 1. The highest BCUT2D eigenvalue weighted by atomic mass is 32.1. The van der Waals surface area contributed by atoms with Crippen LogP contribution in [0, 0.1) is 0 Å². The number of thiophene rings is 1. The molecule has 114 valence electrons. The minimum Gasteiger partial charge on any atom is -0.497 e. The summed E-state index contributed by atoms with van der Waals surface area (Å²) in [6.45, 7) is 0. The van der Waals surface area contributed by atoms with E-state index < -0.39 is 5.97 Å². The fourth-order valence-electron chi connectivity index (χ4n) is 1.76. The van der Waals surface area contributed by atoms with E-state index in [2.05, 4.69) is 0 Å². The first kappa shape index (κ1) is 15.8. The van der Waals surface area contributed by atoms with Crippen LogP contribution in [0.3, 0.4) is 0 Å². The Labute approximate surface area is 131 Å². The normalized spacial score (nSPS) is 10.6. The van der Waals surface area contributed by atoms with Gasteiger partial charge in [-0.1, -0.05) is 6.08 Å². The van der Waals surface area contributed by atoms with Crippen LogP contribution in [0.4, 0.5) is 0 Å². The van der Waals surface area contributed by atoms with E-state index in [1.54, 1.807) is 38.5 Å². The Balaban J connectivity index is 2.19. The van der Waals surface area contributed by atoms with Crippen molar-refractivity contribution in [2.75, 3.05) is 14.2 Å². The molecule has 0 bridgehead atoms. The molecule has 2 aromatic rings. The zero-order valence-electron chi connectivity index (χ0n) is 12.0. The minimum absolute atomic E-state index is 0.139.